The van der Waals surface area contributed by atoms with Gasteiger partial charge in [0.05, 0.1) is 24.0 Å². The second kappa shape index (κ2) is 11.3. The van der Waals surface area contributed by atoms with Gasteiger partial charge >= 0.3 is 6.18 Å². The number of likely N-dealkylation sites (N-methyl/N-ethyl adjacent to an activating group) is 1. The maximum atomic E-state index is 14.5. The largest absolute Gasteiger partial charge is 0.509 e. The number of benzene rings is 2. The first-order valence-electron chi connectivity index (χ1n) is 12.4. The third kappa shape index (κ3) is 6.07. The third-order valence-electron chi connectivity index (χ3n) is 6.58. The van der Waals surface area contributed by atoms with Gasteiger partial charge < -0.3 is 10.4 Å². The molecule has 0 bridgehead atoms. The van der Waals surface area contributed by atoms with Crippen LogP contribution in [0.25, 0.3) is 11.3 Å². The monoisotopic (exact) mass is 609 g/mol. The second-order valence-corrected chi connectivity index (χ2v) is 11.0. The van der Waals surface area contributed by atoms with Crippen molar-refractivity contribution >= 4 is 29.1 Å². The fraction of sp³-hybridized carbons (Fsp3) is 0.286. The molecule has 3 aromatic rings. The number of alkyl halides is 3. The maximum Gasteiger partial charge on any atom is 0.433 e. The molecule has 1 aliphatic heterocycles. The average molecular weight is 610 g/mol. The predicted molar refractivity (Wildman–Crippen MR) is 144 cm³/mol. The van der Waals surface area contributed by atoms with Crippen LogP contribution in [0.1, 0.15) is 32.0 Å². The molecule has 8 nitrogen and oxygen atoms in total. The van der Waals surface area contributed by atoms with Crippen molar-refractivity contribution in [2.45, 2.75) is 39.5 Å². The van der Waals surface area contributed by atoms with Crippen molar-refractivity contribution in [3.8, 4) is 11.3 Å². The molecule has 1 aliphatic rings. The number of aliphatic hydroxyl groups is 1. The molecule has 42 heavy (non-hydrogen) atoms. The highest BCUT2D eigenvalue weighted by Crippen LogP contribution is 2.37. The number of nitrogens with one attached hydrogen (secondary N) is 1. The molecular formula is C28H25ClF5N5O3. The van der Waals surface area contributed by atoms with Gasteiger partial charge in [0.2, 0.25) is 0 Å². The van der Waals surface area contributed by atoms with E-state index in [0.29, 0.717) is 12.4 Å². The van der Waals surface area contributed by atoms with Crippen LogP contribution in [-0.2, 0) is 22.3 Å². The standard InChI is InChI=1S/C28H25ClF5N5O3/c1-27(2,3)24-23(40)21(26(42)39(38(24)4)12-14-6-5-7-17(30)22(14)31)25(41)37-18-9-8-15(29)10-16(18)19-11-20(28(32,33)34)36-13-35-19/h5-11,13,24,40H,12H2,1-4H3,(H,37,41)/t24-/m1/s1. The van der Waals surface area contributed by atoms with Gasteiger partial charge in [-0.2, -0.15) is 13.2 Å². The predicted octanol–water partition coefficient (Wildman–Crippen LogP) is 6.15. The van der Waals surface area contributed by atoms with Crippen molar-refractivity contribution in [2.24, 2.45) is 5.41 Å². The fourth-order valence-corrected chi connectivity index (χ4v) is 4.89. The summed E-state index contributed by atoms with van der Waals surface area (Å²) in [6, 6.07) is 7.09. The molecule has 0 aliphatic carbocycles. The Morgan fingerprint density at radius 1 is 1.10 bits per heavy atom. The molecule has 2 N–H and O–H groups in total. The molecule has 0 saturated carbocycles. The Labute approximate surface area is 242 Å². The lowest BCUT2D eigenvalue weighted by molar-refractivity contribution is -0.158. The number of anilines is 1. The van der Waals surface area contributed by atoms with Crippen molar-refractivity contribution in [3.05, 3.63) is 88.0 Å². The van der Waals surface area contributed by atoms with E-state index in [-0.39, 0.29) is 27.5 Å². The highest BCUT2D eigenvalue weighted by molar-refractivity contribution is 6.31. The molecule has 1 aromatic heterocycles. The molecule has 4 rings (SSSR count). The molecule has 0 radical (unpaired) electrons. The van der Waals surface area contributed by atoms with Crippen LogP contribution in [0.15, 0.2) is 60.1 Å². The molecule has 14 heteroatoms. The molecule has 222 valence electrons. The van der Waals surface area contributed by atoms with Crippen LogP contribution in [0.5, 0.6) is 0 Å². The van der Waals surface area contributed by atoms with E-state index >= 15 is 0 Å². The minimum atomic E-state index is -4.77. The van der Waals surface area contributed by atoms with Crippen LogP contribution in [0, 0.1) is 17.0 Å². The first-order chi connectivity index (χ1) is 19.5. The Hall–Kier alpha value is -4.10. The van der Waals surface area contributed by atoms with Gasteiger partial charge in [-0.1, -0.05) is 44.5 Å². The van der Waals surface area contributed by atoms with Gasteiger partial charge in [0, 0.05) is 23.2 Å². The molecule has 0 unspecified atom stereocenters. The zero-order valence-electron chi connectivity index (χ0n) is 22.7. The zero-order valence-corrected chi connectivity index (χ0v) is 23.5. The molecule has 2 heterocycles. The zero-order chi connectivity index (χ0) is 31.1. The van der Waals surface area contributed by atoms with Crippen molar-refractivity contribution in [1.82, 2.24) is 20.0 Å². The Morgan fingerprint density at radius 2 is 1.79 bits per heavy atom. The van der Waals surface area contributed by atoms with Crippen LogP contribution in [-0.4, -0.2) is 50.0 Å². The fourth-order valence-electron chi connectivity index (χ4n) is 4.72. The van der Waals surface area contributed by atoms with Crippen LogP contribution in [0.2, 0.25) is 5.02 Å². The van der Waals surface area contributed by atoms with Crippen molar-refractivity contribution in [2.75, 3.05) is 12.4 Å². The normalized spacial score (nSPS) is 16.7. The van der Waals surface area contributed by atoms with Crippen LogP contribution in [0.3, 0.4) is 0 Å². The van der Waals surface area contributed by atoms with Gasteiger partial charge in [0.25, 0.3) is 11.8 Å². The Bertz CT molecular complexity index is 1590. The molecular weight excluding hydrogens is 585 g/mol. The number of rotatable bonds is 5. The van der Waals surface area contributed by atoms with Crippen molar-refractivity contribution < 1.29 is 36.6 Å². The van der Waals surface area contributed by atoms with Gasteiger partial charge in [0.15, 0.2) is 11.6 Å². The van der Waals surface area contributed by atoms with Crippen molar-refractivity contribution in [3.63, 3.8) is 0 Å². The summed E-state index contributed by atoms with van der Waals surface area (Å²) in [6.45, 7) is 4.74. The minimum Gasteiger partial charge on any atom is -0.509 e. The summed E-state index contributed by atoms with van der Waals surface area (Å²) in [6.07, 6.45) is -4.07. The van der Waals surface area contributed by atoms with E-state index in [0.717, 1.165) is 11.1 Å². The summed E-state index contributed by atoms with van der Waals surface area (Å²) in [5.41, 5.74) is -3.18. The summed E-state index contributed by atoms with van der Waals surface area (Å²) in [5.74, 6) is -5.01. The summed E-state index contributed by atoms with van der Waals surface area (Å²) >= 11 is 6.08. The van der Waals surface area contributed by atoms with E-state index in [4.69, 9.17) is 11.6 Å². The number of aliphatic hydroxyl groups excluding tert-OH is 1. The van der Waals surface area contributed by atoms with E-state index in [2.05, 4.69) is 15.3 Å². The first kappa shape index (κ1) is 30.8. The number of hydrazine groups is 1. The number of nitrogens with zero attached hydrogens (tertiary/aromatic N) is 4. The number of hydrogen-bond acceptors (Lipinski definition) is 6. The SMILES string of the molecule is CN1[C@@H](C(C)(C)C)C(O)=C(C(=O)Nc2ccc(Cl)cc2-c2cc(C(F)(F)F)ncn2)C(=O)N1Cc1cccc(F)c1F. The topological polar surface area (TPSA) is 98.7 Å². The van der Waals surface area contributed by atoms with Gasteiger partial charge in [-0.3, -0.25) is 14.6 Å². The molecule has 1 atom stereocenters. The minimum absolute atomic E-state index is 0.0183. The summed E-state index contributed by atoms with van der Waals surface area (Å²) in [5, 5.41) is 16.1. The number of carbonyl (C=O) groups excluding carboxylic acids is 2. The van der Waals surface area contributed by atoms with Crippen LogP contribution < -0.4 is 5.32 Å². The number of carbonyl (C=O) groups is 2. The maximum absolute atomic E-state index is 14.5. The molecule has 0 spiro atoms. The quantitative estimate of drug-likeness (QED) is 0.266. The van der Waals surface area contributed by atoms with Crippen LogP contribution in [0.4, 0.5) is 27.6 Å². The number of amides is 2. The molecule has 2 amide bonds. The average Bonchev–Trinajstić information content (AvgIpc) is 2.88. The van der Waals surface area contributed by atoms with E-state index in [9.17, 15) is 36.6 Å². The van der Waals surface area contributed by atoms with Crippen molar-refractivity contribution in [1.29, 1.82) is 0 Å². The Morgan fingerprint density at radius 3 is 2.43 bits per heavy atom. The van der Waals surface area contributed by atoms with Gasteiger partial charge in [-0.15, -0.1) is 0 Å². The lowest BCUT2D eigenvalue weighted by Gasteiger charge is -2.46. The number of halogens is 6. The Balaban J connectivity index is 1.77. The second-order valence-electron chi connectivity index (χ2n) is 10.6. The summed E-state index contributed by atoms with van der Waals surface area (Å²) in [4.78, 5) is 34.4. The lowest BCUT2D eigenvalue weighted by Crippen LogP contribution is -2.59. The van der Waals surface area contributed by atoms with Gasteiger partial charge in [-0.05, 0) is 35.7 Å². The number of hydrogen-bond donors (Lipinski definition) is 2. The van der Waals surface area contributed by atoms with Gasteiger partial charge in [0.1, 0.15) is 23.4 Å². The van der Waals surface area contributed by atoms with E-state index in [1.165, 1.54) is 42.4 Å². The highest BCUT2D eigenvalue weighted by atomic mass is 35.5. The van der Waals surface area contributed by atoms with E-state index in [1.807, 2.05) is 0 Å². The summed E-state index contributed by atoms with van der Waals surface area (Å²) in [7, 11) is 1.46. The summed E-state index contributed by atoms with van der Waals surface area (Å²) < 4.78 is 68.3. The lowest BCUT2D eigenvalue weighted by atomic mass is 9.82. The number of aromatic nitrogens is 2. The molecule has 0 fully saturated rings. The van der Waals surface area contributed by atoms with Crippen LogP contribution >= 0.6 is 11.6 Å². The first-order valence-corrected chi connectivity index (χ1v) is 12.8. The highest BCUT2D eigenvalue weighted by Gasteiger charge is 2.46. The van der Waals surface area contributed by atoms with E-state index in [1.54, 1.807) is 20.8 Å². The van der Waals surface area contributed by atoms with Gasteiger partial charge in [-0.25, -0.2) is 23.8 Å². The Kier molecular flexibility index (Phi) is 8.29. The molecule has 2 aromatic carbocycles. The molecule has 0 saturated heterocycles. The van der Waals surface area contributed by atoms with E-state index < -0.39 is 64.7 Å². The third-order valence-corrected chi connectivity index (χ3v) is 6.82. The smallest absolute Gasteiger partial charge is 0.433 e.